The molecule has 0 aromatic carbocycles. The first kappa shape index (κ1) is 13.3. The molecule has 1 aliphatic carbocycles. The van der Waals surface area contributed by atoms with Crippen LogP contribution in [-0.4, -0.2) is 55.4 Å². The smallest absolute Gasteiger partial charge is 0.281 e. The molecular weight excluding hydrogens is 240 g/mol. The van der Waals surface area contributed by atoms with Crippen LogP contribution in [0.4, 0.5) is 0 Å². The molecule has 1 heterocycles. The van der Waals surface area contributed by atoms with E-state index in [0.717, 1.165) is 25.7 Å². The average molecular weight is 262 g/mol. The molecule has 0 aromatic heterocycles. The summed E-state index contributed by atoms with van der Waals surface area (Å²) in [6.07, 6.45) is 4.08. The first-order chi connectivity index (χ1) is 8.04. The Kier molecular flexibility index (Phi) is 4.07. The van der Waals surface area contributed by atoms with Gasteiger partial charge >= 0.3 is 0 Å². The van der Waals surface area contributed by atoms with Crippen molar-refractivity contribution in [2.75, 3.05) is 33.3 Å². The van der Waals surface area contributed by atoms with Gasteiger partial charge in [0.1, 0.15) is 0 Å². The van der Waals surface area contributed by atoms with Crippen molar-refractivity contribution in [3.63, 3.8) is 0 Å². The third-order valence-corrected chi connectivity index (χ3v) is 5.59. The molecule has 1 saturated carbocycles. The van der Waals surface area contributed by atoms with Gasteiger partial charge in [-0.3, -0.25) is 0 Å². The van der Waals surface area contributed by atoms with Gasteiger partial charge in [-0.1, -0.05) is 0 Å². The molecule has 17 heavy (non-hydrogen) atoms. The van der Waals surface area contributed by atoms with Crippen molar-refractivity contribution in [2.45, 2.75) is 25.7 Å². The van der Waals surface area contributed by atoms with E-state index in [1.807, 2.05) is 0 Å². The average Bonchev–Trinajstić information content (AvgIpc) is 3.13. The van der Waals surface area contributed by atoms with Crippen LogP contribution in [0, 0.1) is 11.8 Å². The number of aliphatic hydroxyl groups is 1. The molecular formula is C11H22N2O3S. The fraction of sp³-hybridized carbons (Fsp3) is 1.00. The second-order valence-electron chi connectivity index (χ2n) is 5.28. The summed E-state index contributed by atoms with van der Waals surface area (Å²) in [7, 11) is -1.64. The van der Waals surface area contributed by atoms with Crippen molar-refractivity contribution in [3.05, 3.63) is 0 Å². The van der Waals surface area contributed by atoms with Crippen molar-refractivity contribution in [3.8, 4) is 0 Å². The maximum atomic E-state index is 12.3. The van der Waals surface area contributed by atoms with Crippen molar-refractivity contribution < 1.29 is 13.5 Å². The van der Waals surface area contributed by atoms with E-state index in [9.17, 15) is 8.42 Å². The molecule has 1 unspecified atom stereocenters. The van der Waals surface area contributed by atoms with E-state index in [0.29, 0.717) is 25.6 Å². The summed E-state index contributed by atoms with van der Waals surface area (Å²) < 4.78 is 27.6. The van der Waals surface area contributed by atoms with E-state index in [2.05, 4.69) is 0 Å². The summed E-state index contributed by atoms with van der Waals surface area (Å²) in [5, 5.41) is 9.13. The molecule has 0 radical (unpaired) electrons. The molecule has 0 spiro atoms. The van der Waals surface area contributed by atoms with E-state index >= 15 is 0 Å². The Morgan fingerprint density at radius 3 is 2.59 bits per heavy atom. The molecule has 6 heteroatoms. The highest BCUT2D eigenvalue weighted by molar-refractivity contribution is 7.86. The fourth-order valence-electron chi connectivity index (χ4n) is 2.34. The Bertz CT molecular complexity index is 354. The Hall–Kier alpha value is -0.170. The minimum Gasteiger partial charge on any atom is -0.396 e. The number of rotatable bonds is 5. The highest BCUT2D eigenvalue weighted by atomic mass is 32.2. The lowest BCUT2D eigenvalue weighted by atomic mass is 10.0. The Balaban J connectivity index is 1.97. The molecule has 0 aromatic rings. The number of piperidine rings is 1. The molecule has 5 nitrogen and oxygen atoms in total. The van der Waals surface area contributed by atoms with Crippen LogP contribution in [0.1, 0.15) is 25.7 Å². The first-order valence-electron chi connectivity index (χ1n) is 6.36. The fourth-order valence-corrected chi connectivity index (χ4v) is 3.89. The SMILES string of the molecule is CN(CC1CC1)S(=O)(=O)N1CCCC(CO)C1. The van der Waals surface area contributed by atoms with Gasteiger partial charge in [0.25, 0.3) is 10.2 Å². The summed E-state index contributed by atoms with van der Waals surface area (Å²) in [6, 6.07) is 0. The molecule has 1 aliphatic heterocycles. The van der Waals surface area contributed by atoms with E-state index in [4.69, 9.17) is 5.11 Å². The topological polar surface area (TPSA) is 60.9 Å². The van der Waals surface area contributed by atoms with Crippen molar-refractivity contribution in [1.82, 2.24) is 8.61 Å². The third kappa shape index (κ3) is 3.19. The quantitative estimate of drug-likeness (QED) is 0.774. The predicted molar refractivity (Wildman–Crippen MR) is 65.7 cm³/mol. The van der Waals surface area contributed by atoms with Crippen LogP contribution in [-0.2, 0) is 10.2 Å². The summed E-state index contributed by atoms with van der Waals surface area (Å²) >= 11 is 0. The van der Waals surface area contributed by atoms with Gasteiger partial charge in [-0.05, 0) is 37.5 Å². The molecule has 100 valence electrons. The Labute approximate surface area is 104 Å². The molecule has 0 amide bonds. The van der Waals surface area contributed by atoms with Gasteiger partial charge in [-0.25, -0.2) is 0 Å². The molecule has 1 saturated heterocycles. The van der Waals surface area contributed by atoms with Crippen molar-refractivity contribution in [1.29, 1.82) is 0 Å². The van der Waals surface area contributed by atoms with Gasteiger partial charge in [0.05, 0.1) is 0 Å². The second kappa shape index (κ2) is 5.22. The van der Waals surface area contributed by atoms with Crippen LogP contribution in [0.25, 0.3) is 0 Å². The third-order valence-electron chi connectivity index (χ3n) is 3.67. The highest BCUT2D eigenvalue weighted by Gasteiger charge is 2.34. The van der Waals surface area contributed by atoms with E-state index in [1.54, 1.807) is 7.05 Å². The summed E-state index contributed by atoms with van der Waals surface area (Å²) in [5.41, 5.74) is 0. The summed E-state index contributed by atoms with van der Waals surface area (Å²) in [5.74, 6) is 0.668. The molecule has 1 atom stereocenters. The largest absolute Gasteiger partial charge is 0.396 e. The minimum absolute atomic E-state index is 0.0817. The van der Waals surface area contributed by atoms with Gasteiger partial charge in [0.2, 0.25) is 0 Å². The lowest BCUT2D eigenvalue weighted by Gasteiger charge is -2.33. The molecule has 2 fully saturated rings. The van der Waals surface area contributed by atoms with Gasteiger partial charge in [0, 0.05) is 33.3 Å². The van der Waals surface area contributed by atoms with Crippen LogP contribution in [0.3, 0.4) is 0 Å². The molecule has 1 N–H and O–H groups in total. The maximum absolute atomic E-state index is 12.3. The van der Waals surface area contributed by atoms with Crippen LogP contribution in [0.5, 0.6) is 0 Å². The summed E-state index contributed by atoms with van der Waals surface area (Å²) in [4.78, 5) is 0. The van der Waals surface area contributed by atoms with Gasteiger partial charge in [-0.2, -0.15) is 17.0 Å². The van der Waals surface area contributed by atoms with Crippen LogP contribution in [0.2, 0.25) is 0 Å². The number of nitrogens with zero attached hydrogens (tertiary/aromatic N) is 2. The van der Waals surface area contributed by atoms with E-state index in [-0.39, 0.29) is 12.5 Å². The lowest BCUT2D eigenvalue weighted by Crippen LogP contribution is -2.47. The predicted octanol–water partition coefficient (Wildman–Crippen LogP) is 0.277. The van der Waals surface area contributed by atoms with Crippen LogP contribution in [0.15, 0.2) is 0 Å². The van der Waals surface area contributed by atoms with Gasteiger partial charge in [0.15, 0.2) is 0 Å². The number of aliphatic hydroxyl groups excluding tert-OH is 1. The Morgan fingerprint density at radius 2 is 2.00 bits per heavy atom. The zero-order chi connectivity index (χ0) is 12.5. The molecule has 0 bridgehead atoms. The zero-order valence-electron chi connectivity index (χ0n) is 10.4. The second-order valence-corrected chi connectivity index (χ2v) is 7.32. The Morgan fingerprint density at radius 1 is 1.29 bits per heavy atom. The minimum atomic E-state index is -3.30. The normalized spacial score (nSPS) is 27.6. The standard InChI is InChI=1S/C11H22N2O3S/c1-12(7-10-4-5-10)17(15,16)13-6-2-3-11(8-13)9-14/h10-11,14H,2-9H2,1H3. The van der Waals surface area contributed by atoms with Crippen molar-refractivity contribution >= 4 is 10.2 Å². The van der Waals surface area contributed by atoms with Crippen LogP contribution < -0.4 is 0 Å². The lowest BCUT2D eigenvalue weighted by molar-refractivity contribution is 0.161. The molecule has 2 rings (SSSR count). The zero-order valence-corrected chi connectivity index (χ0v) is 11.2. The van der Waals surface area contributed by atoms with E-state index in [1.165, 1.54) is 8.61 Å². The van der Waals surface area contributed by atoms with Gasteiger partial charge < -0.3 is 5.11 Å². The molecule has 2 aliphatic rings. The highest BCUT2D eigenvalue weighted by Crippen LogP contribution is 2.31. The van der Waals surface area contributed by atoms with Gasteiger partial charge in [-0.15, -0.1) is 0 Å². The monoisotopic (exact) mass is 262 g/mol. The maximum Gasteiger partial charge on any atom is 0.281 e. The number of hydrogen-bond donors (Lipinski definition) is 1. The first-order valence-corrected chi connectivity index (χ1v) is 7.76. The summed E-state index contributed by atoms with van der Waals surface area (Å²) in [6.45, 7) is 1.78. The van der Waals surface area contributed by atoms with Crippen molar-refractivity contribution in [2.24, 2.45) is 11.8 Å². The van der Waals surface area contributed by atoms with E-state index < -0.39 is 10.2 Å². The number of hydrogen-bond acceptors (Lipinski definition) is 3. The van der Waals surface area contributed by atoms with Crippen LogP contribution >= 0.6 is 0 Å².